The summed E-state index contributed by atoms with van der Waals surface area (Å²) in [5.41, 5.74) is 2.89. The molecule has 3 rings (SSSR count). The van der Waals surface area contributed by atoms with E-state index in [0.29, 0.717) is 5.92 Å². The van der Waals surface area contributed by atoms with Crippen molar-refractivity contribution in [2.75, 3.05) is 0 Å². The molecule has 0 aliphatic carbocycles. The Kier molecular flexibility index (Phi) is 3.76. The summed E-state index contributed by atoms with van der Waals surface area (Å²) in [6.07, 6.45) is -0.697. The van der Waals surface area contributed by atoms with Gasteiger partial charge in [-0.1, -0.05) is 56.3 Å². The van der Waals surface area contributed by atoms with Crippen molar-refractivity contribution in [3.05, 3.63) is 66.0 Å². The van der Waals surface area contributed by atoms with Crippen LogP contribution in [0.4, 0.5) is 0 Å². The molecule has 108 valence electrons. The lowest BCUT2D eigenvalue weighted by atomic mass is 10.1. The molecule has 1 N–H and O–H groups in total. The van der Waals surface area contributed by atoms with Crippen molar-refractivity contribution in [1.82, 2.24) is 9.55 Å². The van der Waals surface area contributed by atoms with Crippen LogP contribution in [0.5, 0.6) is 0 Å². The van der Waals surface area contributed by atoms with Crippen molar-refractivity contribution in [1.29, 1.82) is 0 Å². The Bertz CT molecular complexity index is 731. The molecule has 21 heavy (non-hydrogen) atoms. The summed E-state index contributed by atoms with van der Waals surface area (Å²) in [6.45, 7) is 5.20. The van der Waals surface area contributed by atoms with Crippen molar-refractivity contribution >= 4 is 11.0 Å². The van der Waals surface area contributed by atoms with Crippen molar-refractivity contribution in [3.63, 3.8) is 0 Å². The van der Waals surface area contributed by atoms with E-state index in [1.165, 1.54) is 0 Å². The zero-order valence-corrected chi connectivity index (χ0v) is 12.4. The zero-order chi connectivity index (χ0) is 14.8. The molecule has 0 bridgehead atoms. The lowest BCUT2D eigenvalue weighted by molar-refractivity contribution is 0.203. The summed E-state index contributed by atoms with van der Waals surface area (Å²) in [6, 6.07) is 17.7. The van der Waals surface area contributed by atoms with E-state index >= 15 is 0 Å². The number of hydrogen-bond acceptors (Lipinski definition) is 2. The quantitative estimate of drug-likeness (QED) is 0.790. The Hall–Kier alpha value is -2.13. The van der Waals surface area contributed by atoms with Gasteiger partial charge in [-0.2, -0.15) is 0 Å². The molecule has 0 fully saturated rings. The normalized spacial score (nSPS) is 13.0. The molecule has 3 heteroatoms. The molecule has 1 atom stereocenters. The second-order valence-electron chi connectivity index (χ2n) is 5.78. The average molecular weight is 280 g/mol. The Balaban J connectivity index is 2.12. The molecule has 0 amide bonds. The van der Waals surface area contributed by atoms with Gasteiger partial charge < -0.3 is 9.67 Å². The molecular weight excluding hydrogens is 260 g/mol. The van der Waals surface area contributed by atoms with Gasteiger partial charge in [0.05, 0.1) is 11.0 Å². The van der Waals surface area contributed by atoms with Gasteiger partial charge in [-0.3, -0.25) is 0 Å². The number of nitrogens with zero attached hydrogens (tertiary/aromatic N) is 2. The van der Waals surface area contributed by atoms with E-state index in [1.54, 1.807) is 0 Å². The van der Waals surface area contributed by atoms with Gasteiger partial charge in [0.2, 0.25) is 0 Å². The number of para-hydroxylation sites is 2. The molecule has 0 aliphatic rings. The Labute approximate surface area is 124 Å². The van der Waals surface area contributed by atoms with E-state index in [-0.39, 0.29) is 0 Å². The lowest BCUT2D eigenvalue weighted by Gasteiger charge is -2.16. The highest BCUT2D eigenvalue weighted by atomic mass is 16.3. The molecule has 1 heterocycles. The lowest BCUT2D eigenvalue weighted by Crippen LogP contribution is -2.13. The standard InChI is InChI=1S/C18H20N2O/c1-13(2)12-20-16-11-7-6-10-15(16)19-18(20)17(21)14-8-4-3-5-9-14/h3-11,13,17,21H,12H2,1-2H3. The Morgan fingerprint density at radius 3 is 2.38 bits per heavy atom. The largest absolute Gasteiger partial charge is 0.380 e. The fourth-order valence-electron chi connectivity index (χ4n) is 2.64. The topological polar surface area (TPSA) is 38.0 Å². The summed E-state index contributed by atoms with van der Waals surface area (Å²) in [4.78, 5) is 4.65. The van der Waals surface area contributed by atoms with Crippen molar-refractivity contribution in [2.24, 2.45) is 5.92 Å². The summed E-state index contributed by atoms with van der Waals surface area (Å²) in [5.74, 6) is 1.21. The van der Waals surface area contributed by atoms with Crippen LogP contribution < -0.4 is 0 Å². The first-order chi connectivity index (χ1) is 10.2. The highest BCUT2D eigenvalue weighted by Crippen LogP contribution is 2.26. The van der Waals surface area contributed by atoms with E-state index in [1.807, 2.05) is 48.5 Å². The monoisotopic (exact) mass is 280 g/mol. The van der Waals surface area contributed by atoms with E-state index in [2.05, 4.69) is 29.5 Å². The number of imidazole rings is 1. The molecular formula is C18H20N2O. The van der Waals surface area contributed by atoms with E-state index in [4.69, 9.17) is 0 Å². The molecule has 3 nitrogen and oxygen atoms in total. The van der Waals surface area contributed by atoms with E-state index in [0.717, 1.165) is 29.0 Å². The Morgan fingerprint density at radius 2 is 1.67 bits per heavy atom. The number of aliphatic hydroxyl groups excluding tert-OH is 1. The van der Waals surface area contributed by atoms with Gasteiger partial charge in [-0.25, -0.2) is 4.98 Å². The van der Waals surface area contributed by atoms with Gasteiger partial charge in [0.1, 0.15) is 11.9 Å². The van der Waals surface area contributed by atoms with Crippen LogP contribution in [0.15, 0.2) is 54.6 Å². The maximum Gasteiger partial charge on any atom is 0.143 e. The van der Waals surface area contributed by atoms with Crippen LogP contribution >= 0.6 is 0 Å². The Morgan fingerprint density at radius 1 is 1.00 bits per heavy atom. The zero-order valence-electron chi connectivity index (χ0n) is 12.4. The summed E-state index contributed by atoms with van der Waals surface area (Å²) >= 11 is 0. The van der Waals surface area contributed by atoms with E-state index in [9.17, 15) is 5.11 Å². The van der Waals surface area contributed by atoms with Crippen LogP contribution in [0.1, 0.15) is 31.3 Å². The van der Waals surface area contributed by atoms with Crippen molar-refractivity contribution in [3.8, 4) is 0 Å². The third-order valence-electron chi connectivity index (χ3n) is 3.59. The number of fused-ring (bicyclic) bond motifs is 1. The first-order valence-corrected chi connectivity index (χ1v) is 7.35. The maximum absolute atomic E-state index is 10.7. The molecule has 0 saturated heterocycles. The van der Waals surface area contributed by atoms with Crippen molar-refractivity contribution in [2.45, 2.75) is 26.5 Å². The van der Waals surface area contributed by atoms with E-state index < -0.39 is 6.10 Å². The molecule has 0 aliphatic heterocycles. The first-order valence-electron chi connectivity index (χ1n) is 7.35. The number of rotatable bonds is 4. The maximum atomic E-state index is 10.7. The third-order valence-corrected chi connectivity index (χ3v) is 3.59. The molecule has 1 aromatic heterocycles. The smallest absolute Gasteiger partial charge is 0.143 e. The van der Waals surface area contributed by atoms with Gasteiger partial charge in [-0.15, -0.1) is 0 Å². The second kappa shape index (κ2) is 5.70. The minimum absolute atomic E-state index is 0.490. The third kappa shape index (κ3) is 2.69. The van der Waals surface area contributed by atoms with Gasteiger partial charge in [0.25, 0.3) is 0 Å². The van der Waals surface area contributed by atoms with Crippen LogP contribution in [0.3, 0.4) is 0 Å². The van der Waals surface area contributed by atoms with Gasteiger partial charge >= 0.3 is 0 Å². The van der Waals surface area contributed by atoms with Crippen LogP contribution in [0, 0.1) is 5.92 Å². The average Bonchev–Trinajstić information content (AvgIpc) is 2.86. The molecule has 3 aromatic rings. The van der Waals surface area contributed by atoms with Gasteiger partial charge in [-0.05, 0) is 23.6 Å². The number of aromatic nitrogens is 2. The summed E-state index contributed by atoms with van der Waals surface area (Å²) in [5, 5.41) is 10.7. The predicted octanol–water partition coefficient (Wildman–Crippen LogP) is 3.77. The van der Waals surface area contributed by atoms with Gasteiger partial charge in [0, 0.05) is 6.54 Å². The molecule has 2 aromatic carbocycles. The van der Waals surface area contributed by atoms with Crippen LogP contribution in [0.2, 0.25) is 0 Å². The fourth-order valence-corrected chi connectivity index (χ4v) is 2.64. The minimum atomic E-state index is -0.697. The van der Waals surface area contributed by atoms with Crippen LogP contribution in [0.25, 0.3) is 11.0 Å². The van der Waals surface area contributed by atoms with Crippen LogP contribution in [-0.4, -0.2) is 14.7 Å². The number of benzene rings is 2. The second-order valence-corrected chi connectivity index (χ2v) is 5.78. The first kappa shape index (κ1) is 13.8. The summed E-state index contributed by atoms with van der Waals surface area (Å²) < 4.78 is 2.14. The highest BCUT2D eigenvalue weighted by molar-refractivity contribution is 5.76. The highest BCUT2D eigenvalue weighted by Gasteiger charge is 2.19. The molecule has 1 unspecified atom stereocenters. The SMILES string of the molecule is CC(C)Cn1c(C(O)c2ccccc2)nc2ccccc21. The molecule has 0 radical (unpaired) electrons. The fraction of sp³-hybridized carbons (Fsp3) is 0.278. The van der Waals surface area contributed by atoms with Crippen LogP contribution in [-0.2, 0) is 6.54 Å². The predicted molar refractivity (Wildman–Crippen MR) is 85.1 cm³/mol. The van der Waals surface area contributed by atoms with Gasteiger partial charge in [0.15, 0.2) is 0 Å². The summed E-state index contributed by atoms with van der Waals surface area (Å²) in [7, 11) is 0. The molecule has 0 saturated carbocycles. The minimum Gasteiger partial charge on any atom is -0.380 e. The number of hydrogen-bond donors (Lipinski definition) is 1. The number of aliphatic hydroxyl groups is 1. The molecule has 0 spiro atoms. The van der Waals surface area contributed by atoms with Crippen molar-refractivity contribution < 1.29 is 5.11 Å².